The van der Waals surface area contributed by atoms with Gasteiger partial charge < -0.3 is 19.5 Å². The van der Waals surface area contributed by atoms with Crippen molar-refractivity contribution in [2.24, 2.45) is 17.8 Å². The molecule has 1 aromatic rings. The van der Waals surface area contributed by atoms with Crippen LogP contribution in [0.2, 0.25) is 0 Å². The van der Waals surface area contributed by atoms with Gasteiger partial charge in [0.2, 0.25) is 11.7 Å². The second-order valence-electron chi connectivity index (χ2n) is 7.41. The van der Waals surface area contributed by atoms with Crippen molar-refractivity contribution in [3.8, 4) is 17.2 Å². The quantitative estimate of drug-likeness (QED) is 0.823. The average molecular weight is 347 g/mol. The van der Waals surface area contributed by atoms with Crippen molar-refractivity contribution < 1.29 is 19.0 Å². The molecule has 0 saturated heterocycles. The summed E-state index contributed by atoms with van der Waals surface area (Å²) in [5.74, 6) is 4.08. The van der Waals surface area contributed by atoms with Gasteiger partial charge in [-0.05, 0) is 61.6 Å². The molecule has 2 aliphatic rings. The van der Waals surface area contributed by atoms with Crippen molar-refractivity contribution in [3.05, 3.63) is 17.7 Å². The summed E-state index contributed by atoms with van der Waals surface area (Å²) in [4.78, 5) is 12.5. The summed E-state index contributed by atoms with van der Waals surface area (Å²) >= 11 is 0. The largest absolute Gasteiger partial charge is 0.493 e. The monoisotopic (exact) mass is 347 g/mol. The second kappa shape index (κ2) is 7.54. The Hall–Kier alpha value is -1.91. The number of methoxy groups -OCH3 is 3. The Morgan fingerprint density at radius 2 is 1.80 bits per heavy atom. The van der Waals surface area contributed by atoms with Crippen LogP contribution in [0.15, 0.2) is 12.1 Å². The van der Waals surface area contributed by atoms with Crippen molar-refractivity contribution >= 4 is 5.91 Å². The summed E-state index contributed by atoms with van der Waals surface area (Å²) in [5, 5.41) is 3.21. The predicted octanol–water partition coefficient (Wildman–Crippen LogP) is 3.20. The van der Waals surface area contributed by atoms with Gasteiger partial charge in [0.05, 0.1) is 27.8 Å². The number of carbonyl (C=O) groups is 1. The highest BCUT2D eigenvalue weighted by atomic mass is 16.5. The molecule has 5 nitrogen and oxygen atoms in total. The number of hydrogen-bond donors (Lipinski definition) is 1. The number of hydrogen-bond acceptors (Lipinski definition) is 4. The Labute approximate surface area is 150 Å². The van der Waals surface area contributed by atoms with Gasteiger partial charge in [-0.1, -0.05) is 6.42 Å². The van der Waals surface area contributed by atoms with Crippen LogP contribution < -0.4 is 19.5 Å². The molecule has 0 heterocycles. The first-order chi connectivity index (χ1) is 12.0. The standard InChI is InChI=1S/C20H29NO4/c1-12(16-8-13-5-6-15(16)7-13)21-19(22)11-14-9-17(23-2)20(25-4)18(10-14)24-3/h9-10,12-13,15-16H,5-8,11H2,1-4H3,(H,21,22)/t12-,13-,15-,16+/m1/s1. The van der Waals surface area contributed by atoms with E-state index in [4.69, 9.17) is 14.2 Å². The molecule has 0 aromatic heterocycles. The Kier molecular flexibility index (Phi) is 5.40. The number of carbonyl (C=O) groups excluding carboxylic acids is 1. The fraction of sp³-hybridized carbons (Fsp3) is 0.650. The lowest BCUT2D eigenvalue weighted by molar-refractivity contribution is -0.121. The Morgan fingerprint density at radius 1 is 1.12 bits per heavy atom. The van der Waals surface area contributed by atoms with Gasteiger partial charge in [0.25, 0.3) is 0 Å². The van der Waals surface area contributed by atoms with E-state index in [1.165, 1.54) is 25.7 Å². The van der Waals surface area contributed by atoms with E-state index in [2.05, 4.69) is 12.2 Å². The van der Waals surface area contributed by atoms with Gasteiger partial charge in [0, 0.05) is 6.04 Å². The van der Waals surface area contributed by atoms with Crippen LogP contribution in [-0.2, 0) is 11.2 Å². The number of rotatable bonds is 7. The lowest BCUT2D eigenvalue weighted by Gasteiger charge is -2.28. The Morgan fingerprint density at radius 3 is 2.28 bits per heavy atom. The molecule has 0 spiro atoms. The van der Waals surface area contributed by atoms with E-state index in [-0.39, 0.29) is 11.9 Å². The van der Waals surface area contributed by atoms with Crippen LogP contribution in [0.25, 0.3) is 0 Å². The number of nitrogens with one attached hydrogen (secondary N) is 1. The molecule has 1 N–H and O–H groups in total. The molecule has 2 fully saturated rings. The van der Waals surface area contributed by atoms with E-state index in [1.54, 1.807) is 21.3 Å². The van der Waals surface area contributed by atoms with Crippen LogP contribution in [0.4, 0.5) is 0 Å². The Bertz CT molecular complexity index is 605. The molecule has 2 aliphatic carbocycles. The summed E-state index contributed by atoms with van der Waals surface area (Å²) in [5.41, 5.74) is 0.854. The fourth-order valence-electron chi connectivity index (χ4n) is 4.74. The summed E-state index contributed by atoms with van der Waals surface area (Å²) < 4.78 is 16.0. The van der Waals surface area contributed by atoms with Crippen LogP contribution in [0.3, 0.4) is 0 Å². The Balaban J connectivity index is 1.64. The highest BCUT2D eigenvalue weighted by molar-refractivity contribution is 5.79. The molecule has 0 radical (unpaired) electrons. The normalized spacial score (nSPS) is 25.5. The van der Waals surface area contributed by atoms with E-state index < -0.39 is 0 Å². The van der Waals surface area contributed by atoms with E-state index in [0.29, 0.717) is 29.6 Å². The van der Waals surface area contributed by atoms with Gasteiger partial charge in [-0.3, -0.25) is 4.79 Å². The third-order valence-electron chi connectivity index (χ3n) is 5.91. The smallest absolute Gasteiger partial charge is 0.224 e. The molecule has 0 unspecified atom stereocenters. The molecule has 138 valence electrons. The molecule has 2 saturated carbocycles. The maximum absolute atomic E-state index is 12.5. The van der Waals surface area contributed by atoms with Gasteiger partial charge >= 0.3 is 0 Å². The van der Waals surface area contributed by atoms with E-state index in [9.17, 15) is 4.79 Å². The first kappa shape index (κ1) is 17.9. The third kappa shape index (κ3) is 3.70. The molecule has 3 rings (SSSR count). The molecular weight excluding hydrogens is 318 g/mol. The molecule has 5 heteroatoms. The molecular formula is C20H29NO4. The minimum absolute atomic E-state index is 0.0459. The maximum Gasteiger partial charge on any atom is 0.224 e. The number of ether oxygens (including phenoxy) is 3. The van der Waals surface area contributed by atoms with Crippen molar-refractivity contribution in [3.63, 3.8) is 0 Å². The first-order valence-electron chi connectivity index (χ1n) is 9.14. The average Bonchev–Trinajstić information content (AvgIpc) is 3.23. The first-order valence-corrected chi connectivity index (χ1v) is 9.14. The van der Waals surface area contributed by atoms with Crippen molar-refractivity contribution in [2.45, 2.75) is 45.1 Å². The zero-order valence-corrected chi connectivity index (χ0v) is 15.6. The van der Waals surface area contributed by atoms with Crippen LogP contribution in [-0.4, -0.2) is 33.3 Å². The lowest BCUT2D eigenvalue weighted by atomic mass is 9.84. The zero-order chi connectivity index (χ0) is 18.0. The van der Waals surface area contributed by atoms with Gasteiger partial charge in [0.15, 0.2) is 11.5 Å². The van der Waals surface area contributed by atoms with Gasteiger partial charge in [0.1, 0.15) is 0 Å². The topological polar surface area (TPSA) is 56.8 Å². The molecule has 2 bridgehead atoms. The SMILES string of the molecule is COc1cc(CC(=O)N[C@H](C)[C@@H]2C[C@@H]3CC[C@@H]2C3)cc(OC)c1OC. The molecule has 1 amide bonds. The van der Waals surface area contributed by atoms with E-state index >= 15 is 0 Å². The molecule has 1 aromatic carbocycles. The number of fused-ring (bicyclic) bond motifs is 2. The fourth-order valence-corrected chi connectivity index (χ4v) is 4.74. The highest BCUT2D eigenvalue weighted by Gasteiger charge is 2.42. The molecule has 4 atom stereocenters. The summed E-state index contributed by atoms with van der Waals surface area (Å²) in [6, 6.07) is 3.91. The minimum atomic E-state index is 0.0459. The van der Waals surface area contributed by atoms with Gasteiger partial charge in [-0.25, -0.2) is 0 Å². The summed E-state index contributed by atoms with van der Waals surface area (Å²) in [6.45, 7) is 2.15. The second-order valence-corrected chi connectivity index (χ2v) is 7.41. The number of benzene rings is 1. The molecule has 25 heavy (non-hydrogen) atoms. The van der Waals surface area contributed by atoms with Gasteiger partial charge in [-0.15, -0.1) is 0 Å². The van der Waals surface area contributed by atoms with Gasteiger partial charge in [-0.2, -0.15) is 0 Å². The highest BCUT2D eigenvalue weighted by Crippen LogP contribution is 2.49. The van der Waals surface area contributed by atoms with E-state index in [1.807, 2.05) is 12.1 Å². The lowest BCUT2D eigenvalue weighted by Crippen LogP contribution is -2.40. The van der Waals surface area contributed by atoms with Crippen LogP contribution in [0, 0.1) is 17.8 Å². The van der Waals surface area contributed by atoms with Crippen LogP contribution in [0.5, 0.6) is 17.2 Å². The van der Waals surface area contributed by atoms with Crippen molar-refractivity contribution in [2.75, 3.05) is 21.3 Å². The minimum Gasteiger partial charge on any atom is -0.493 e. The van der Waals surface area contributed by atoms with Crippen molar-refractivity contribution in [1.29, 1.82) is 0 Å². The number of amides is 1. The van der Waals surface area contributed by atoms with E-state index in [0.717, 1.165) is 17.4 Å². The zero-order valence-electron chi connectivity index (χ0n) is 15.6. The maximum atomic E-state index is 12.5. The van der Waals surface area contributed by atoms with Crippen LogP contribution in [0.1, 0.15) is 38.2 Å². The summed E-state index contributed by atoms with van der Waals surface area (Å²) in [7, 11) is 4.74. The predicted molar refractivity (Wildman–Crippen MR) is 96.3 cm³/mol. The summed E-state index contributed by atoms with van der Waals surface area (Å²) in [6.07, 6.45) is 5.66. The third-order valence-corrected chi connectivity index (χ3v) is 5.91. The van der Waals surface area contributed by atoms with Crippen LogP contribution >= 0.6 is 0 Å². The van der Waals surface area contributed by atoms with Crippen molar-refractivity contribution in [1.82, 2.24) is 5.32 Å². The molecule has 0 aliphatic heterocycles.